The molecule has 2 aromatic carbocycles. The van der Waals surface area contributed by atoms with Gasteiger partial charge in [0, 0.05) is 17.5 Å². The summed E-state index contributed by atoms with van der Waals surface area (Å²) >= 11 is 0. The van der Waals surface area contributed by atoms with Crippen LogP contribution in [0, 0.1) is 10.8 Å². The number of benzene rings is 2. The topological polar surface area (TPSA) is 161 Å². The first-order valence-electron chi connectivity index (χ1n) is 18.0. The first-order chi connectivity index (χ1) is 24.5. The zero-order valence-electron chi connectivity index (χ0n) is 33.4. The van der Waals surface area contributed by atoms with Crippen molar-refractivity contribution in [2.24, 2.45) is 10.8 Å². The first-order valence-corrected chi connectivity index (χ1v) is 19.9. The van der Waals surface area contributed by atoms with E-state index in [1.807, 2.05) is 13.8 Å². The van der Waals surface area contributed by atoms with Gasteiger partial charge in [0.25, 0.3) is 0 Å². The number of hydrogen-bond acceptors (Lipinski definition) is 12. The summed E-state index contributed by atoms with van der Waals surface area (Å²) in [6.45, 7) is 20.5. The number of rotatable bonds is 19. The van der Waals surface area contributed by atoms with Gasteiger partial charge in [-0.25, -0.2) is 19.2 Å². The Morgan fingerprint density at radius 2 is 1.08 bits per heavy atom. The lowest BCUT2D eigenvalue weighted by molar-refractivity contribution is 0.00673. The fraction of sp³-hybridized carbons (Fsp3) is 0.600. The van der Waals surface area contributed by atoms with Crippen LogP contribution >= 0.6 is 7.60 Å². The molecule has 12 nitrogen and oxygen atoms in total. The monoisotopic (exact) mass is 764 g/mol. The Labute approximate surface area is 315 Å². The van der Waals surface area contributed by atoms with Crippen LogP contribution in [0.2, 0.25) is 0 Å². The molecule has 0 aliphatic carbocycles. The maximum absolute atomic E-state index is 12.4. The zero-order chi connectivity index (χ0) is 40.5. The van der Waals surface area contributed by atoms with Crippen molar-refractivity contribution in [3.63, 3.8) is 0 Å². The number of hydrogen-bond donors (Lipinski definition) is 1. The Bertz CT molecular complexity index is 1490. The molecule has 0 bridgehead atoms. The van der Waals surface area contributed by atoms with Gasteiger partial charge in [-0.15, -0.1) is 0 Å². The Balaban J connectivity index is 0.000000578. The first kappa shape index (κ1) is 47.5. The van der Waals surface area contributed by atoms with E-state index in [9.17, 15) is 23.7 Å². The van der Waals surface area contributed by atoms with E-state index < -0.39 is 47.9 Å². The van der Waals surface area contributed by atoms with Crippen LogP contribution in [0.1, 0.15) is 136 Å². The fourth-order valence-electron chi connectivity index (χ4n) is 3.97. The minimum Gasteiger partial charge on any atom is -0.461 e. The predicted octanol–water partition coefficient (Wildman–Crippen LogP) is 8.69. The minimum absolute atomic E-state index is 0.0692. The van der Waals surface area contributed by atoms with Gasteiger partial charge in [0.2, 0.25) is 0 Å². The van der Waals surface area contributed by atoms with Crippen LogP contribution in [0.3, 0.4) is 0 Å². The molecular formula is C40H61O12P. The molecule has 13 heteroatoms. The van der Waals surface area contributed by atoms with Crippen molar-refractivity contribution in [1.29, 1.82) is 0 Å². The summed E-state index contributed by atoms with van der Waals surface area (Å²) < 4.78 is 44.3. The Kier molecular flexibility index (Phi) is 19.7. The second-order valence-corrected chi connectivity index (χ2v) is 17.7. The molecule has 1 N–H and O–H groups in total. The largest absolute Gasteiger partial charge is 0.461 e. The maximum Gasteiger partial charge on any atom is 0.338 e. The second kappa shape index (κ2) is 22.0. The molecule has 298 valence electrons. The highest BCUT2D eigenvalue weighted by molar-refractivity contribution is 7.52. The van der Waals surface area contributed by atoms with Gasteiger partial charge in [0.1, 0.15) is 5.60 Å². The molecule has 53 heavy (non-hydrogen) atoms. The van der Waals surface area contributed by atoms with Crippen LogP contribution in [0.5, 0.6) is 0 Å². The van der Waals surface area contributed by atoms with Gasteiger partial charge in [0.15, 0.2) is 0 Å². The minimum atomic E-state index is -3.16. The lowest BCUT2D eigenvalue weighted by atomic mass is 9.96. The molecule has 1 unspecified atom stereocenters. The molecule has 0 heterocycles. The highest BCUT2D eigenvalue weighted by Gasteiger charge is 2.27. The number of ether oxygens (including phenoxy) is 4. The highest BCUT2D eigenvalue weighted by atomic mass is 31.2. The average molecular weight is 765 g/mol. The normalized spacial score (nSPS) is 12.9. The van der Waals surface area contributed by atoms with Crippen LogP contribution in [0.25, 0.3) is 0 Å². The molecule has 0 spiro atoms. The predicted molar refractivity (Wildman–Crippen MR) is 203 cm³/mol. The summed E-state index contributed by atoms with van der Waals surface area (Å²) in [5.74, 6) is -1.88. The maximum atomic E-state index is 12.4. The lowest BCUT2D eigenvalue weighted by Gasteiger charge is -2.25. The smallest absolute Gasteiger partial charge is 0.338 e. The van der Waals surface area contributed by atoms with Crippen molar-refractivity contribution in [2.75, 3.05) is 39.7 Å². The molecule has 0 saturated carbocycles. The van der Waals surface area contributed by atoms with Crippen molar-refractivity contribution in [1.82, 2.24) is 0 Å². The van der Waals surface area contributed by atoms with Crippen molar-refractivity contribution >= 4 is 31.5 Å². The quantitative estimate of drug-likeness (QED) is 0.0628. The van der Waals surface area contributed by atoms with Crippen molar-refractivity contribution in [3.8, 4) is 0 Å². The van der Waals surface area contributed by atoms with Gasteiger partial charge < -0.3 is 33.1 Å². The second-order valence-electron chi connectivity index (χ2n) is 15.7. The third-order valence-electron chi connectivity index (χ3n) is 7.08. The lowest BCUT2D eigenvalue weighted by Crippen LogP contribution is -2.27. The average Bonchev–Trinajstić information content (AvgIpc) is 3.08. The molecule has 2 rings (SSSR count). The van der Waals surface area contributed by atoms with Crippen LogP contribution in [0.4, 0.5) is 0 Å². The summed E-state index contributed by atoms with van der Waals surface area (Å²) in [4.78, 5) is 48.0. The van der Waals surface area contributed by atoms with Gasteiger partial charge in [0.05, 0.1) is 61.4 Å². The van der Waals surface area contributed by atoms with E-state index in [1.54, 1.807) is 48.5 Å². The SMILES string of the molecule is CC(C)OC(=O)c1ccc(C(=O)OCC(C)(C)CO)cc1.CCCCCCOP(C)(=O)OCC(C)(C)COC(=O)c1ccc(C(=O)OC(C)(C)C)cc1. The van der Waals surface area contributed by atoms with Crippen molar-refractivity contribution in [3.05, 3.63) is 70.8 Å². The Morgan fingerprint density at radius 1 is 0.642 bits per heavy atom. The zero-order valence-corrected chi connectivity index (χ0v) is 34.3. The van der Waals surface area contributed by atoms with E-state index >= 15 is 0 Å². The number of esters is 4. The van der Waals surface area contributed by atoms with E-state index in [4.69, 9.17) is 33.1 Å². The molecule has 2 aromatic rings. The number of aliphatic hydroxyl groups excluding tert-OH is 1. The number of carbonyl (C=O) groups is 4. The molecular weight excluding hydrogens is 703 g/mol. The van der Waals surface area contributed by atoms with E-state index in [1.165, 1.54) is 55.2 Å². The molecule has 0 amide bonds. The molecule has 0 radical (unpaired) electrons. The third-order valence-corrected chi connectivity index (χ3v) is 8.33. The third kappa shape index (κ3) is 20.5. The van der Waals surface area contributed by atoms with Crippen molar-refractivity contribution < 1.29 is 56.8 Å². The van der Waals surface area contributed by atoms with E-state index in [0.717, 1.165) is 25.7 Å². The van der Waals surface area contributed by atoms with Gasteiger partial charge in [-0.2, -0.15) is 0 Å². The fourth-order valence-corrected chi connectivity index (χ4v) is 5.09. The summed E-state index contributed by atoms with van der Waals surface area (Å²) in [6, 6.07) is 12.2. The number of aliphatic hydroxyl groups is 1. The molecule has 1 atom stereocenters. The van der Waals surface area contributed by atoms with Gasteiger partial charge in [-0.3, -0.25) is 4.57 Å². The van der Waals surface area contributed by atoms with Gasteiger partial charge >= 0.3 is 31.5 Å². The van der Waals surface area contributed by atoms with Crippen LogP contribution in [0.15, 0.2) is 48.5 Å². The molecule has 0 aliphatic rings. The number of carbonyl (C=O) groups excluding carboxylic acids is 4. The molecule has 0 aromatic heterocycles. The summed E-state index contributed by atoms with van der Waals surface area (Å²) in [7, 11) is -3.16. The summed E-state index contributed by atoms with van der Waals surface area (Å²) in [6.07, 6.45) is 3.95. The van der Waals surface area contributed by atoms with Crippen molar-refractivity contribution in [2.45, 2.75) is 107 Å². The number of unbranched alkanes of at least 4 members (excludes halogenated alkanes) is 3. The molecule has 0 aliphatic heterocycles. The molecule has 0 saturated heterocycles. The Hall–Kier alpha value is -3.57. The molecule has 0 fully saturated rings. The van der Waals surface area contributed by atoms with Gasteiger partial charge in [-0.1, -0.05) is 53.9 Å². The highest BCUT2D eigenvalue weighted by Crippen LogP contribution is 2.45. The standard InChI is InChI=1S/C24H39O7P.C16H22O5/c1-8-9-10-11-16-29-32(7,27)30-18-24(5,6)17-28-21(25)19-12-14-20(15-13-19)22(26)31-23(2,3)4;1-11(2)21-15(19)13-7-5-12(6-8-13)14(18)20-10-16(3,4)9-17/h12-15H,8-11,16-18H2,1-7H3;5-8,11,17H,9-10H2,1-4H3. The van der Waals surface area contributed by atoms with E-state index in [2.05, 4.69) is 6.92 Å². The van der Waals surface area contributed by atoms with Crippen LogP contribution in [-0.2, 0) is 32.6 Å². The van der Waals surface area contributed by atoms with Crippen LogP contribution < -0.4 is 0 Å². The van der Waals surface area contributed by atoms with E-state index in [0.29, 0.717) is 28.9 Å². The van der Waals surface area contributed by atoms with Crippen LogP contribution in [-0.4, -0.2) is 80.4 Å². The van der Waals surface area contributed by atoms with E-state index in [-0.39, 0.29) is 32.5 Å². The summed E-state index contributed by atoms with van der Waals surface area (Å²) in [5.41, 5.74) is -0.199. The Morgan fingerprint density at radius 3 is 1.49 bits per heavy atom. The summed E-state index contributed by atoms with van der Waals surface area (Å²) in [5, 5.41) is 9.10. The van der Waals surface area contributed by atoms with Gasteiger partial charge in [-0.05, 0) is 89.6 Å².